The second-order valence-corrected chi connectivity index (χ2v) is 4.98. The average Bonchev–Trinajstić information content (AvgIpc) is 2.75. The normalized spacial score (nSPS) is 23.1. The van der Waals surface area contributed by atoms with E-state index in [2.05, 4.69) is 5.32 Å². The summed E-state index contributed by atoms with van der Waals surface area (Å²) in [7, 11) is 0. The zero-order valence-electron chi connectivity index (χ0n) is 9.83. The predicted molar refractivity (Wildman–Crippen MR) is 67.1 cm³/mol. The van der Waals surface area contributed by atoms with Gasteiger partial charge in [-0.25, -0.2) is 4.39 Å². The largest absolute Gasteiger partial charge is 0.393 e. The van der Waals surface area contributed by atoms with Gasteiger partial charge in [0.25, 0.3) is 5.91 Å². The Hall–Kier alpha value is -1.13. The number of hydrogen-bond donors (Lipinski definition) is 2. The SMILES string of the molecule is O=C(NCC1CCCC1O)c1cccc(Cl)c1F. The van der Waals surface area contributed by atoms with Crippen molar-refractivity contribution in [2.45, 2.75) is 25.4 Å². The van der Waals surface area contributed by atoms with Crippen LogP contribution in [-0.2, 0) is 0 Å². The first-order valence-corrected chi connectivity index (χ1v) is 6.37. The Morgan fingerprint density at radius 3 is 2.94 bits per heavy atom. The van der Waals surface area contributed by atoms with Crippen molar-refractivity contribution in [2.75, 3.05) is 6.54 Å². The number of aliphatic hydroxyl groups excluding tert-OH is 1. The molecule has 0 radical (unpaired) electrons. The van der Waals surface area contributed by atoms with E-state index in [0.717, 1.165) is 19.3 Å². The fourth-order valence-electron chi connectivity index (χ4n) is 2.25. The molecule has 3 nitrogen and oxygen atoms in total. The molecule has 1 saturated carbocycles. The first-order valence-electron chi connectivity index (χ1n) is 6.00. The zero-order valence-corrected chi connectivity index (χ0v) is 10.6. The number of amides is 1. The van der Waals surface area contributed by atoms with Gasteiger partial charge in [0.05, 0.1) is 16.7 Å². The van der Waals surface area contributed by atoms with Crippen molar-refractivity contribution in [2.24, 2.45) is 5.92 Å². The van der Waals surface area contributed by atoms with Crippen molar-refractivity contribution in [3.05, 3.63) is 34.6 Å². The topological polar surface area (TPSA) is 49.3 Å². The molecule has 98 valence electrons. The Morgan fingerprint density at radius 1 is 1.50 bits per heavy atom. The minimum atomic E-state index is -0.705. The van der Waals surface area contributed by atoms with Crippen LogP contribution in [0.15, 0.2) is 18.2 Å². The molecular weight excluding hydrogens is 257 g/mol. The maximum atomic E-state index is 13.6. The number of halogens is 2. The van der Waals surface area contributed by atoms with Crippen LogP contribution in [0.25, 0.3) is 0 Å². The van der Waals surface area contributed by atoms with Gasteiger partial charge in [-0.3, -0.25) is 4.79 Å². The van der Waals surface area contributed by atoms with Crippen molar-refractivity contribution < 1.29 is 14.3 Å². The summed E-state index contributed by atoms with van der Waals surface area (Å²) in [6.07, 6.45) is 2.26. The lowest BCUT2D eigenvalue weighted by Crippen LogP contribution is -2.32. The van der Waals surface area contributed by atoms with Crippen LogP contribution >= 0.6 is 11.6 Å². The van der Waals surface area contributed by atoms with Crippen LogP contribution < -0.4 is 5.32 Å². The molecule has 0 saturated heterocycles. The fourth-order valence-corrected chi connectivity index (χ4v) is 2.43. The minimum absolute atomic E-state index is 0.0602. The highest BCUT2D eigenvalue weighted by Crippen LogP contribution is 2.25. The monoisotopic (exact) mass is 271 g/mol. The molecule has 5 heteroatoms. The van der Waals surface area contributed by atoms with E-state index >= 15 is 0 Å². The van der Waals surface area contributed by atoms with Gasteiger partial charge in [0, 0.05) is 12.5 Å². The second-order valence-electron chi connectivity index (χ2n) is 4.57. The molecule has 0 aromatic heterocycles. The van der Waals surface area contributed by atoms with Crippen LogP contribution in [0.5, 0.6) is 0 Å². The minimum Gasteiger partial charge on any atom is -0.393 e. The first kappa shape index (κ1) is 13.3. The molecule has 0 heterocycles. The Balaban J connectivity index is 1.97. The molecule has 0 spiro atoms. The Morgan fingerprint density at radius 2 is 2.28 bits per heavy atom. The van der Waals surface area contributed by atoms with Crippen LogP contribution in [0.3, 0.4) is 0 Å². The molecular formula is C13H15ClFNO2. The average molecular weight is 272 g/mol. The lowest BCUT2D eigenvalue weighted by atomic mass is 10.1. The molecule has 0 bridgehead atoms. The summed E-state index contributed by atoms with van der Waals surface area (Å²) in [5, 5.41) is 12.2. The number of benzene rings is 1. The van der Waals surface area contributed by atoms with Crippen molar-refractivity contribution >= 4 is 17.5 Å². The Kier molecular flexibility index (Phi) is 4.19. The highest BCUT2D eigenvalue weighted by atomic mass is 35.5. The van der Waals surface area contributed by atoms with Gasteiger partial charge in [-0.1, -0.05) is 24.1 Å². The van der Waals surface area contributed by atoms with Crippen LogP contribution in [-0.4, -0.2) is 23.7 Å². The predicted octanol–water partition coefficient (Wildman–Crippen LogP) is 2.37. The first-order chi connectivity index (χ1) is 8.59. The molecule has 1 aliphatic rings. The van der Waals surface area contributed by atoms with E-state index in [-0.39, 0.29) is 22.6 Å². The van der Waals surface area contributed by atoms with Gasteiger partial charge in [0.1, 0.15) is 0 Å². The molecule has 0 aliphatic heterocycles. The summed E-state index contributed by atoms with van der Waals surface area (Å²) in [5.74, 6) is -1.13. The summed E-state index contributed by atoms with van der Waals surface area (Å²) in [5.41, 5.74) is -0.0602. The molecule has 2 rings (SSSR count). The maximum Gasteiger partial charge on any atom is 0.254 e. The van der Waals surface area contributed by atoms with Gasteiger partial charge >= 0.3 is 0 Å². The van der Waals surface area contributed by atoms with Crippen molar-refractivity contribution in [3.63, 3.8) is 0 Å². The van der Waals surface area contributed by atoms with Crippen molar-refractivity contribution in [1.82, 2.24) is 5.32 Å². The lowest BCUT2D eigenvalue weighted by molar-refractivity contribution is 0.0913. The molecule has 1 fully saturated rings. The summed E-state index contributed by atoms with van der Waals surface area (Å²) in [6, 6.07) is 4.32. The molecule has 2 N–H and O–H groups in total. The number of carbonyl (C=O) groups is 1. The Labute approximate surface area is 110 Å². The van der Waals surface area contributed by atoms with E-state index in [1.807, 2.05) is 0 Å². The third-order valence-electron chi connectivity index (χ3n) is 3.34. The van der Waals surface area contributed by atoms with Crippen LogP contribution in [0.1, 0.15) is 29.6 Å². The van der Waals surface area contributed by atoms with Gasteiger partial charge in [-0.2, -0.15) is 0 Å². The lowest BCUT2D eigenvalue weighted by Gasteiger charge is -2.15. The summed E-state index contributed by atoms with van der Waals surface area (Å²) in [6.45, 7) is 0.367. The van der Waals surface area contributed by atoms with Gasteiger partial charge in [-0.15, -0.1) is 0 Å². The highest BCUT2D eigenvalue weighted by molar-refractivity contribution is 6.31. The van der Waals surface area contributed by atoms with Gasteiger partial charge in [-0.05, 0) is 25.0 Å². The molecule has 2 unspecified atom stereocenters. The highest BCUT2D eigenvalue weighted by Gasteiger charge is 2.25. The fraction of sp³-hybridized carbons (Fsp3) is 0.462. The van der Waals surface area contributed by atoms with Crippen LogP contribution in [0.2, 0.25) is 5.02 Å². The molecule has 1 aromatic carbocycles. The number of rotatable bonds is 3. The summed E-state index contributed by atoms with van der Waals surface area (Å²) >= 11 is 5.61. The van der Waals surface area contributed by atoms with Crippen molar-refractivity contribution in [1.29, 1.82) is 0 Å². The van der Waals surface area contributed by atoms with E-state index in [0.29, 0.717) is 6.54 Å². The number of carbonyl (C=O) groups excluding carboxylic acids is 1. The number of aliphatic hydroxyl groups is 1. The third-order valence-corrected chi connectivity index (χ3v) is 3.63. The summed E-state index contributed by atoms with van der Waals surface area (Å²) in [4.78, 5) is 11.8. The Bertz CT molecular complexity index is 453. The van der Waals surface area contributed by atoms with E-state index in [1.165, 1.54) is 18.2 Å². The van der Waals surface area contributed by atoms with E-state index in [9.17, 15) is 14.3 Å². The number of nitrogens with one attached hydrogen (secondary N) is 1. The number of hydrogen-bond acceptors (Lipinski definition) is 2. The van der Waals surface area contributed by atoms with Gasteiger partial charge < -0.3 is 10.4 Å². The molecule has 2 atom stereocenters. The van der Waals surface area contributed by atoms with Crippen LogP contribution in [0, 0.1) is 11.7 Å². The quantitative estimate of drug-likeness (QED) is 0.887. The van der Waals surface area contributed by atoms with Gasteiger partial charge in [0.2, 0.25) is 0 Å². The zero-order chi connectivity index (χ0) is 13.1. The maximum absolute atomic E-state index is 13.6. The second kappa shape index (κ2) is 5.67. The van der Waals surface area contributed by atoms with E-state index in [1.54, 1.807) is 0 Å². The van der Waals surface area contributed by atoms with Gasteiger partial charge in [0.15, 0.2) is 5.82 Å². The summed E-state index contributed by atoms with van der Waals surface area (Å²) < 4.78 is 13.6. The smallest absolute Gasteiger partial charge is 0.254 e. The van der Waals surface area contributed by atoms with E-state index < -0.39 is 11.7 Å². The molecule has 1 aliphatic carbocycles. The molecule has 1 amide bonds. The van der Waals surface area contributed by atoms with E-state index in [4.69, 9.17) is 11.6 Å². The standard InChI is InChI=1S/C13H15ClFNO2/c14-10-5-2-4-9(12(10)15)13(18)16-7-8-3-1-6-11(8)17/h2,4-5,8,11,17H,1,3,6-7H2,(H,16,18). The molecule has 1 aromatic rings. The van der Waals surface area contributed by atoms with Crippen molar-refractivity contribution in [3.8, 4) is 0 Å². The molecule has 18 heavy (non-hydrogen) atoms. The third kappa shape index (κ3) is 2.82. The van der Waals surface area contributed by atoms with Crippen LogP contribution in [0.4, 0.5) is 4.39 Å².